The maximum Gasteiger partial charge on any atom is 0.252 e. The van der Waals surface area contributed by atoms with E-state index in [0.29, 0.717) is 50.8 Å². The summed E-state index contributed by atoms with van der Waals surface area (Å²) in [5, 5.41) is 4.25. The average molecular weight is 599 g/mol. The lowest BCUT2D eigenvalue weighted by molar-refractivity contribution is -0.167. The topological polar surface area (TPSA) is 84.0 Å². The number of benzene rings is 2. The molecule has 2 aromatic carbocycles. The molecule has 0 radical (unpaired) electrons. The first kappa shape index (κ1) is 30.7. The van der Waals surface area contributed by atoms with Gasteiger partial charge in [0.1, 0.15) is 0 Å². The third-order valence-electron chi connectivity index (χ3n) is 9.57. The molecule has 2 amide bonds. The Morgan fingerprint density at radius 2 is 1.77 bits per heavy atom. The number of hydrogen-bond donors (Lipinski definition) is 1. The molecule has 1 aromatic heterocycles. The van der Waals surface area contributed by atoms with Crippen LogP contribution < -0.4 is 5.32 Å². The number of ether oxygens (including phenoxy) is 2. The zero-order chi connectivity index (χ0) is 30.3. The van der Waals surface area contributed by atoms with Crippen molar-refractivity contribution in [1.29, 1.82) is 0 Å². The van der Waals surface area contributed by atoms with Crippen LogP contribution in [0, 0.1) is 5.92 Å². The van der Waals surface area contributed by atoms with Crippen LogP contribution in [-0.2, 0) is 20.8 Å². The van der Waals surface area contributed by atoms with Crippen molar-refractivity contribution in [3.05, 3.63) is 65.7 Å². The number of amides is 2. The number of aromatic nitrogens is 1. The normalized spacial score (nSPS) is 21.0. The third kappa shape index (κ3) is 7.31. The van der Waals surface area contributed by atoms with E-state index in [2.05, 4.69) is 17.1 Å². The molecule has 3 aliphatic rings. The van der Waals surface area contributed by atoms with E-state index < -0.39 is 0 Å². The zero-order valence-electron chi connectivity index (χ0n) is 26.0. The standard InChI is InChI=1S/C36H46N4O4/c1-26(27-12-4-2-5-13-27)37-36(42)34-29-16-8-9-17-31(29)38-35(28-14-6-3-7-15-28)30(34)24-39-19-20-40(32(41)25-39)21-23-44-33-18-10-11-22-43-33/h3,6-9,14-17,26-27,33H,2,4-5,10-13,18-25H2,1H3,(H,37,42)/t26-,33?/m0/s1. The van der Waals surface area contributed by atoms with Crippen molar-refractivity contribution in [2.24, 2.45) is 5.92 Å². The van der Waals surface area contributed by atoms with E-state index in [9.17, 15) is 9.59 Å². The fourth-order valence-electron chi connectivity index (χ4n) is 7.02. The van der Waals surface area contributed by atoms with Crippen LogP contribution in [0.5, 0.6) is 0 Å². The van der Waals surface area contributed by atoms with Crippen LogP contribution in [0.25, 0.3) is 22.2 Å². The minimum Gasteiger partial charge on any atom is -0.353 e. The first-order valence-corrected chi connectivity index (χ1v) is 16.6. The molecule has 8 heteroatoms. The third-order valence-corrected chi connectivity index (χ3v) is 9.57. The molecule has 1 unspecified atom stereocenters. The van der Waals surface area contributed by atoms with Crippen molar-refractivity contribution >= 4 is 22.7 Å². The van der Waals surface area contributed by atoms with E-state index in [1.54, 1.807) is 0 Å². The van der Waals surface area contributed by atoms with Gasteiger partial charge in [-0.05, 0) is 51.0 Å². The number of fused-ring (bicyclic) bond motifs is 1. The minimum atomic E-state index is -0.151. The molecule has 2 atom stereocenters. The van der Waals surface area contributed by atoms with Gasteiger partial charge in [0, 0.05) is 55.3 Å². The number of rotatable bonds is 10. The van der Waals surface area contributed by atoms with E-state index >= 15 is 0 Å². The lowest BCUT2D eigenvalue weighted by atomic mass is 9.84. The first-order chi connectivity index (χ1) is 21.6. The summed E-state index contributed by atoms with van der Waals surface area (Å²) in [5.41, 5.74) is 4.12. The van der Waals surface area contributed by atoms with Gasteiger partial charge in [-0.2, -0.15) is 0 Å². The highest BCUT2D eigenvalue weighted by Crippen LogP contribution is 2.33. The van der Waals surface area contributed by atoms with Gasteiger partial charge in [-0.3, -0.25) is 14.5 Å². The molecule has 8 nitrogen and oxygen atoms in total. The molecule has 2 aliphatic heterocycles. The van der Waals surface area contributed by atoms with Gasteiger partial charge in [0.25, 0.3) is 5.91 Å². The molecular formula is C36H46N4O4. The molecular weight excluding hydrogens is 552 g/mol. The molecule has 3 fully saturated rings. The van der Waals surface area contributed by atoms with Crippen LogP contribution >= 0.6 is 0 Å². The minimum absolute atomic E-state index is 0.0547. The Bertz CT molecular complexity index is 1420. The number of para-hydroxylation sites is 1. The highest BCUT2D eigenvalue weighted by molar-refractivity contribution is 6.09. The van der Waals surface area contributed by atoms with Gasteiger partial charge in [-0.25, -0.2) is 4.98 Å². The summed E-state index contributed by atoms with van der Waals surface area (Å²) in [6.07, 6.45) is 9.03. The second-order valence-electron chi connectivity index (χ2n) is 12.6. The van der Waals surface area contributed by atoms with Crippen molar-refractivity contribution in [3.63, 3.8) is 0 Å². The molecule has 1 saturated carbocycles. The van der Waals surface area contributed by atoms with Crippen molar-refractivity contribution < 1.29 is 19.1 Å². The van der Waals surface area contributed by atoms with E-state index in [1.807, 2.05) is 59.5 Å². The van der Waals surface area contributed by atoms with Crippen LogP contribution in [-0.4, -0.2) is 78.3 Å². The van der Waals surface area contributed by atoms with Gasteiger partial charge < -0.3 is 19.7 Å². The Labute approximate surface area is 261 Å². The number of nitrogens with zero attached hydrogens (tertiary/aromatic N) is 3. The summed E-state index contributed by atoms with van der Waals surface area (Å²) in [5.74, 6) is 0.523. The van der Waals surface area contributed by atoms with Crippen LogP contribution in [0.4, 0.5) is 0 Å². The average Bonchev–Trinajstić information content (AvgIpc) is 3.06. The fraction of sp³-hybridized carbons (Fsp3) is 0.528. The Hall–Kier alpha value is -3.33. The van der Waals surface area contributed by atoms with Gasteiger partial charge in [0.05, 0.1) is 29.9 Å². The maximum atomic E-state index is 14.3. The lowest BCUT2D eigenvalue weighted by Gasteiger charge is -2.35. The summed E-state index contributed by atoms with van der Waals surface area (Å²) in [7, 11) is 0. The molecule has 1 N–H and O–H groups in total. The Balaban J connectivity index is 1.25. The van der Waals surface area contributed by atoms with Crippen molar-refractivity contribution in [1.82, 2.24) is 20.1 Å². The van der Waals surface area contributed by atoms with Gasteiger partial charge in [0.15, 0.2) is 6.29 Å². The first-order valence-electron chi connectivity index (χ1n) is 16.6. The second-order valence-corrected chi connectivity index (χ2v) is 12.6. The van der Waals surface area contributed by atoms with E-state index in [4.69, 9.17) is 14.5 Å². The van der Waals surface area contributed by atoms with Crippen molar-refractivity contribution in [2.45, 2.75) is 77.2 Å². The highest BCUT2D eigenvalue weighted by Gasteiger charge is 2.30. The summed E-state index contributed by atoms with van der Waals surface area (Å²) < 4.78 is 11.6. The summed E-state index contributed by atoms with van der Waals surface area (Å²) in [4.78, 5) is 36.7. The molecule has 3 aromatic rings. The Kier molecular flexibility index (Phi) is 10.2. The van der Waals surface area contributed by atoms with Gasteiger partial charge in [0.2, 0.25) is 5.91 Å². The monoisotopic (exact) mass is 598 g/mol. The Morgan fingerprint density at radius 1 is 1.00 bits per heavy atom. The number of pyridine rings is 1. The summed E-state index contributed by atoms with van der Waals surface area (Å²) >= 11 is 0. The van der Waals surface area contributed by atoms with Crippen LogP contribution in [0.1, 0.15) is 74.2 Å². The summed E-state index contributed by atoms with van der Waals surface area (Å²) in [6, 6.07) is 18.1. The molecule has 2 saturated heterocycles. The van der Waals surface area contributed by atoms with Crippen molar-refractivity contribution in [3.8, 4) is 11.3 Å². The van der Waals surface area contributed by atoms with Gasteiger partial charge >= 0.3 is 0 Å². The van der Waals surface area contributed by atoms with Crippen LogP contribution in [0.2, 0.25) is 0 Å². The lowest BCUT2D eigenvalue weighted by Crippen LogP contribution is -2.51. The van der Waals surface area contributed by atoms with Crippen molar-refractivity contribution in [2.75, 3.05) is 39.4 Å². The van der Waals surface area contributed by atoms with Crippen LogP contribution in [0.3, 0.4) is 0 Å². The molecule has 3 heterocycles. The quantitative estimate of drug-likeness (QED) is 0.318. The fourth-order valence-corrected chi connectivity index (χ4v) is 7.02. The van der Waals surface area contributed by atoms with Crippen LogP contribution in [0.15, 0.2) is 54.6 Å². The molecule has 234 valence electrons. The van der Waals surface area contributed by atoms with E-state index in [-0.39, 0.29) is 24.1 Å². The number of hydrogen-bond acceptors (Lipinski definition) is 6. The molecule has 0 bridgehead atoms. The number of carbonyl (C=O) groups excluding carboxylic acids is 2. The Morgan fingerprint density at radius 3 is 2.55 bits per heavy atom. The maximum absolute atomic E-state index is 14.3. The molecule has 0 spiro atoms. The van der Waals surface area contributed by atoms with E-state index in [1.165, 1.54) is 19.3 Å². The van der Waals surface area contributed by atoms with Gasteiger partial charge in [-0.15, -0.1) is 0 Å². The molecule has 44 heavy (non-hydrogen) atoms. The SMILES string of the molecule is C[C@H](NC(=O)c1c(CN2CCN(CCOC3CCCCO3)C(=O)C2)c(-c2ccccc2)nc2ccccc12)C1CCCCC1. The number of piperazine rings is 1. The summed E-state index contributed by atoms with van der Waals surface area (Å²) in [6.45, 7) is 6.03. The zero-order valence-corrected chi connectivity index (χ0v) is 26.0. The predicted octanol–water partition coefficient (Wildman–Crippen LogP) is 5.79. The largest absolute Gasteiger partial charge is 0.353 e. The molecule has 1 aliphatic carbocycles. The molecule has 6 rings (SSSR count). The second kappa shape index (κ2) is 14.6. The highest BCUT2D eigenvalue weighted by atomic mass is 16.7. The smallest absolute Gasteiger partial charge is 0.252 e. The van der Waals surface area contributed by atoms with E-state index in [0.717, 1.165) is 66.4 Å². The number of nitrogens with one attached hydrogen (secondary N) is 1. The van der Waals surface area contributed by atoms with Gasteiger partial charge in [-0.1, -0.05) is 67.8 Å². The predicted molar refractivity (Wildman–Crippen MR) is 172 cm³/mol. The number of carbonyl (C=O) groups is 2.